The summed E-state index contributed by atoms with van der Waals surface area (Å²) in [5.74, 6) is -2.18. The minimum Gasteiger partial charge on any atom is -0.481 e. The number of carbonyl (C=O) groups excluding carboxylic acids is 1. The predicted octanol–water partition coefficient (Wildman–Crippen LogP) is 4.57. The molecule has 0 aliphatic carbocycles. The zero-order valence-electron chi connectivity index (χ0n) is 13.1. The van der Waals surface area contributed by atoms with E-state index in [1.807, 2.05) is 0 Å². The standard InChI is InChI=1S/C18H17Cl2NO3/c1-11-15(20)3-2-4-16(11)21-17(22)10-13(18(23)24)9-12-5-7-14(19)8-6-12/h2-8,13H,9-10H2,1H3,(H,21,22)(H,23,24)/t13-/m0/s1. The molecule has 24 heavy (non-hydrogen) atoms. The van der Waals surface area contributed by atoms with Crippen molar-refractivity contribution in [3.05, 3.63) is 63.6 Å². The highest BCUT2D eigenvalue weighted by Gasteiger charge is 2.22. The Morgan fingerprint density at radius 2 is 1.79 bits per heavy atom. The number of benzene rings is 2. The molecule has 0 unspecified atom stereocenters. The van der Waals surface area contributed by atoms with Crippen LogP contribution in [0.2, 0.25) is 10.0 Å². The van der Waals surface area contributed by atoms with Gasteiger partial charge in [-0.05, 0) is 48.7 Å². The fourth-order valence-corrected chi connectivity index (χ4v) is 2.62. The van der Waals surface area contributed by atoms with Crippen LogP contribution in [-0.2, 0) is 16.0 Å². The normalized spacial score (nSPS) is 11.8. The lowest BCUT2D eigenvalue weighted by atomic mass is 9.96. The maximum Gasteiger partial charge on any atom is 0.307 e. The van der Waals surface area contributed by atoms with E-state index in [1.54, 1.807) is 49.4 Å². The molecule has 0 saturated carbocycles. The average molecular weight is 366 g/mol. The average Bonchev–Trinajstić information content (AvgIpc) is 2.53. The van der Waals surface area contributed by atoms with Crippen LogP contribution in [-0.4, -0.2) is 17.0 Å². The van der Waals surface area contributed by atoms with E-state index in [0.29, 0.717) is 15.7 Å². The third-order valence-electron chi connectivity index (χ3n) is 3.72. The summed E-state index contributed by atoms with van der Waals surface area (Å²) in [6, 6.07) is 12.1. The lowest BCUT2D eigenvalue weighted by molar-refractivity contribution is -0.143. The molecule has 0 aromatic heterocycles. The molecule has 2 aromatic carbocycles. The molecular weight excluding hydrogens is 349 g/mol. The second kappa shape index (κ2) is 8.18. The summed E-state index contributed by atoms with van der Waals surface area (Å²) in [4.78, 5) is 23.6. The van der Waals surface area contributed by atoms with Gasteiger partial charge < -0.3 is 10.4 Å². The number of carboxylic acid groups (broad SMARTS) is 1. The first kappa shape index (κ1) is 18.3. The molecule has 0 bridgehead atoms. The van der Waals surface area contributed by atoms with Gasteiger partial charge in [-0.1, -0.05) is 41.4 Å². The SMILES string of the molecule is Cc1c(Cl)cccc1NC(=O)C[C@H](Cc1ccc(Cl)cc1)C(=O)O. The number of carbonyl (C=O) groups is 2. The zero-order valence-corrected chi connectivity index (χ0v) is 14.6. The highest BCUT2D eigenvalue weighted by molar-refractivity contribution is 6.31. The Balaban J connectivity index is 2.04. The second-order valence-electron chi connectivity index (χ2n) is 5.53. The van der Waals surface area contributed by atoms with Crippen molar-refractivity contribution in [1.82, 2.24) is 0 Å². The molecule has 0 saturated heterocycles. The molecule has 126 valence electrons. The largest absolute Gasteiger partial charge is 0.481 e. The van der Waals surface area contributed by atoms with Gasteiger partial charge in [-0.25, -0.2) is 0 Å². The van der Waals surface area contributed by atoms with Gasteiger partial charge in [0.1, 0.15) is 0 Å². The lowest BCUT2D eigenvalue weighted by Gasteiger charge is -2.14. The molecule has 0 spiro atoms. The van der Waals surface area contributed by atoms with Crippen molar-refractivity contribution in [1.29, 1.82) is 0 Å². The Labute approximate surface area is 150 Å². The van der Waals surface area contributed by atoms with Crippen LogP contribution in [0.4, 0.5) is 5.69 Å². The predicted molar refractivity (Wildman–Crippen MR) is 95.7 cm³/mol. The van der Waals surface area contributed by atoms with Crippen LogP contribution in [0.15, 0.2) is 42.5 Å². The van der Waals surface area contributed by atoms with Crippen molar-refractivity contribution in [3.8, 4) is 0 Å². The van der Waals surface area contributed by atoms with Crippen LogP contribution in [0, 0.1) is 12.8 Å². The zero-order chi connectivity index (χ0) is 17.7. The number of hydrogen-bond donors (Lipinski definition) is 2. The van der Waals surface area contributed by atoms with Gasteiger partial charge in [0.25, 0.3) is 0 Å². The van der Waals surface area contributed by atoms with Crippen molar-refractivity contribution >= 4 is 40.8 Å². The lowest BCUT2D eigenvalue weighted by Crippen LogP contribution is -2.24. The summed E-state index contributed by atoms with van der Waals surface area (Å²) in [7, 11) is 0. The number of rotatable bonds is 6. The fraction of sp³-hybridized carbons (Fsp3) is 0.222. The highest BCUT2D eigenvalue weighted by Crippen LogP contribution is 2.24. The van der Waals surface area contributed by atoms with Gasteiger partial charge in [-0.15, -0.1) is 0 Å². The molecule has 0 aliphatic heterocycles. The Kier molecular flexibility index (Phi) is 6.23. The van der Waals surface area contributed by atoms with Crippen LogP contribution in [0.25, 0.3) is 0 Å². The monoisotopic (exact) mass is 365 g/mol. The van der Waals surface area contributed by atoms with Crippen molar-refractivity contribution in [2.24, 2.45) is 5.92 Å². The van der Waals surface area contributed by atoms with E-state index < -0.39 is 11.9 Å². The molecule has 1 atom stereocenters. The molecule has 6 heteroatoms. The molecule has 0 fully saturated rings. The Hall–Kier alpha value is -2.04. The molecule has 0 aliphatic rings. The van der Waals surface area contributed by atoms with Gasteiger partial charge in [-0.2, -0.15) is 0 Å². The van der Waals surface area contributed by atoms with Crippen LogP contribution in [0.1, 0.15) is 17.5 Å². The van der Waals surface area contributed by atoms with Crippen molar-refractivity contribution in [2.45, 2.75) is 19.8 Å². The molecule has 2 N–H and O–H groups in total. The number of hydrogen-bond acceptors (Lipinski definition) is 2. The fourth-order valence-electron chi connectivity index (χ4n) is 2.32. The van der Waals surface area contributed by atoms with Gasteiger partial charge in [0.05, 0.1) is 5.92 Å². The van der Waals surface area contributed by atoms with Gasteiger partial charge in [-0.3, -0.25) is 9.59 Å². The molecule has 2 aromatic rings. The third-order valence-corrected chi connectivity index (χ3v) is 4.38. The number of aliphatic carboxylic acids is 1. The number of carboxylic acids is 1. The summed E-state index contributed by atoms with van der Waals surface area (Å²) >= 11 is 11.8. The second-order valence-corrected chi connectivity index (χ2v) is 6.37. The first-order valence-electron chi connectivity index (χ1n) is 7.39. The number of halogens is 2. The van der Waals surface area contributed by atoms with Crippen LogP contribution in [0.3, 0.4) is 0 Å². The topological polar surface area (TPSA) is 66.4 Å². The van der Waals surface area contributed by atoms with Crippen LogP contribution < -0.4 is 5.32 Å². The Morgan fingerprint density at radius 1 is 1.12 bits per heavy atom. The van der Waals surface area contributed by atoms with E-state index >= 15 is 0 Å². The van der Waals surface area contributed by atoms with E-state index in [9.17, 15) is 14.7 Å². The number of nitrogens with one attached hydrogen (secondary N) is 1. The summed E-state index contributed by atoms with van der Waals surface area (Å²) in [6.07, 6.45) is 0.137. The van der Waals surface area contributed by atoms with E-state index in [1.165, 1.54) is 0 Å². The molecular formula is C18H17Cl2NO3. The molecule has 0 radical (unpaired) electrons. The third kappa shape index (κ3) is 4.98. The Bertz CT molecular complexity index is 744. The van der Waals surface area contributed by atoms with Gasteiger partial charge >= 0.3 is 5.97 Å². The summed E-state index contributed by atoms with van der Waals surface area (Å²) in [6.45, 7) is 1.79. The van der Waals surface area contributed by atoms with Crippen molar-refractivity contribution < 1.29 is 14.7 Å². The maximum atomic E-state index is 12.2. The van der Waals surface area contributed by atoms with E-state index in [2.05, 4.69) is 5.32 Å². The summed E-state index contributed by atoms with van der Waals surface area (Å²) in [5, 5.41) is 13.2. The number of amides is 1. The van der Waals surface area contributed by atoms with Gasteiger partial charge in [0, 0.05) is 22.2 Å². The number of anilines is 1. The van der Waals surface area contributed by atoms with Gasteiger partial charge in [0.15, 0.2) is 0 Å². The Morgan fingerprint density at radius 3 is 2.42 bits per heavy atom. The quantitative estimate of drug-likeness (QED) is 0.787. The summed E-state index contributed by atoms with van der Waals surface area (Å²) in [5.41, 5.74) is 2.15. The molecule has 0 heterocycles. The first-order chi connectivity index (χ1) is 11.4. The van der Waals surface area contributed by atoms with Crippen molar-refractivity contribution in [3.63, 3.8) is 0 Å². The highest BCUT2D eigenvalue weighted by atomic mass is 35.5. The minimum atomic E-state index is -1.01. The smallest absolute Gasteiger partial charge is 0.307 e. The summed E-state index contributed by atoms with van der Waals surface area (Å²) < 4.78 is 0. The molecule has 1 amide bonds. The van der Waals surface area contributed by atoms with Crippen LogP contribution in [0.5, 0.6) is 0 Å². The van der Waals surface area contributed by atoms with Crippen LogP contribution >= 0.6 is 23.2 Å². The minimum absolute atomic E-state index is 0.121. The van der Waals surface area contributed by atoms with E-state index in [0.717, 1.165) is 11.1 Å². The first-order valence-corrected chi connectivity index (χ1v) is 8.14. The van der Waals surface area contributed by atoms with Gasteiger partial charge in [0.2, 0.25) is 5.91 Å². The van der Waals surface area contributed by atoms with E-state index in [-0.39, 0.29) is 18.7 Å². The maximum absolute atomic E-state index is 12.2. The molecule has 4 nitrogen and oxygen atoms in total. The van der Waals surface area contributed by atoms with Crippen molar-refractivity contribution in [2.75, 3.05) is 5.32 Å². The molecule has 2 rings (SSSR count). The van der Waals surface area contributed by atoms with E-state index in [4.69, 9.17) is 23.2 Å².